The fourth-order valence-electron chi connectivity index (χ4n) is 0.684. The Morgan fingerprint density at radius 3 is 2.92 bits per heavy atom. The van der Waals surface area contributed by atoms with Gasteiger partial charge in [0.25, 0.3) is 5.91 Å². The predicted octanol–water partition coefficient (Wildman–Crippen LogP) is 2.53. The van der Waals surface area contributed by atoms with Crippen LogP contribution in [0.2, 0.25) is 4.34 Å². The molecule has 0 atom stereocenters. The molecule has 5 heteroatoms. The van der Waals surface area contributed by atoms with E-state index in [1.807, 2.05) is 0 Å². The summed E-state index contributed by atoms with van der Waals surface area (Å²) in [5.74, 6) is -0.0636. The van der Waals surface area contributed by atoms with Gasteiger partial charge in [-0.1, -0.05) is 27.5 Å². The van der Waals surface area contributed by atoms with Crippen molar-refractivity contribution in [3.63, 3.8) is 0 Å². The Kier molecular flexibility index (Phi) is 4.05. The number of alkyl halides is 1. The number of hydrogen-bond donors (Lipinski definition) is 1. The van der Waals surface area contributed by atoms with Crippen LogP contribution >= 0.6 is 38.9 Å². The first kappa shape index (κ1) is 10.0. The normalized spacial score (nSPS) is 9.83. The van der Waals surface area contributed by atoms with Crippen LogP contribution < -0.4 is 5.32 Å². The van der Waals surface area contributed by atoms with E-state index >= 15 is 0 Å². The molecule has 0 unspecified atom stereocenters. The quantitative estimate of drug-likeness (QED) is 0.839. The molecular formula is C7H7BrClNOS. The third-order valence-corrected chi connectivity index (χ3v) is 2.80. The van der Waals surface area contributed by atoms with E-state index in [1.165, 1.54) is 11.3 Å². The minimum absolute atomic E-state index is 0.0636. The van der Waals surface area contributed by atoms with Crippen molar-refractivity contribution in [3.05, 3.63) is 21.3 Å². The first-order valence-electron chi connectivity index (χ1n) is 3.33. The second-order valence-electron chi connectivity index (χ2n) is 2.05. The summed E-state index contributed by atoms with van der Waals surface area (Å²) >= 11 is 10.2. The number of halogens is 2. The van der Waals surface area contributed by atoms with Gasteiger partial charge in [-0.15, -0.1) is 11.3 Å². The van der Waals surface area contributed by atoms with E-state index in [-0.39, 0.29) is 5.91 Å². The zero-order valence-electron chi connectivity index (χ0n) is 6.14. The van der Waals surface area contributed by atoms with Crippen molar-refractivity contribution in [3.8, 4) is 0 Å². The van der Waals surface area contributed by atoms with E-state index in [2.05, 4.69) is 21.2 Å². The number of rotatable bonds is 3. The number of carbonyl (C=O) groups excluding carboxylic acids is 1. The third kappa shape index (κ3) is 2.77. The van der Waals surface area contributed by atoms with E-state index in [1.54, 1.807) is 12.1 Å². The van der Waals surface area contributed by atoms with Crippen LogP contribution in [0, 0.1) is 0 Å². The van der Waals surface area contributed by atoms with Crippen LogP contribution in [0.5, 0.6) is 0 Å². The molecule has 0 saturated carbocycles. The van der Waals surface area contributed by atoms with Crippen molar-refractivity contribution < 1.29 is 4.79 Å². The highest BCUT2D eigenvalue weighted by atomic mass is 79.9. The lowest BCUT2D eigenvalue weighted by Gasteiger charge is -1.98. The van der Waals surface area contributed by atoms with Gasteiger partial charge in [0.2, 0.25) is 0 Å². The van der Waals surface area contributed by atoms with Crippen LogP contribution in [0.3, 0.4) is 0 Å². The summed E-state index contributed by atoms with van der Waals surface area (Å²) < 4.78 is 0.638. The lowest BCUT2D eigenvalue weighted by molar-refractivity contribution is 0.0960. The van der Waals surface area contributed by atoms with Crippen molar-refractivity contribution in [1.82, 2.24) is 5.32 Å². The van der Waals surface area contributed by atoms with Gasteiger partial charge < -0.3 is 5.32 Å². The van der Waals surface area contributed by atoms with Crippen LogP contribution in [-0.2, 0) is 0 Å². The molecule has 1 N–H and O–H groups in total. The Labute approximate surface area is 88.0 Å². The first-order valence-corrected chi connectivity index (χ1v) is 5.65. The highest BCUT2D eigenvalue weighted by molar-refractivity contribution is 9.09. The predicted molar refractivity (Wildman–Crippen MR) is 55.5 cm³/mol. The molecule has 1 rings (SSSR count). The molecule has 12 heavy (non-hydrogen) atoms. The highest BCUT2D eigenvalue weighted by Gasteiger charge is 2.06. The molecule has 1 aromatic rings. The molecule has 0 spiro atoms. The lowest BCUT2D eigenvalue weighted by atomic mass is 10.4. The van der Waals surface area contributed by atoms with Crippen LogP contribution in [0.1, 0.15) is 9.67 Å². The van der Waals surface area contributed by atoms with Gasteiger partial charge in [-0.05, 0) is 12.1 Å². The molecule has 1 heterocycles. The fourth-order valence-corrected chi connectivity index (χ4v) is 1.84. The summed E-state index contributed by atoms with van der Waals surface area (Å²) in [6, 6.07) is 3.44. The van der Waals surface area contributed by atoms with Gasteiger partial charge in [0, 0.05) is 11.9 Å². The van der Waals surface area contributed by atoms with Gasteiger partial charge in [-0.25, -0.2) is 0 Å². The molecule has 0 aliphatic heterocycles. The highest BCUT2D eigenvalue weighted by Crippen LogP contribution is 2.20. The molecule has 0 fully saturated rings. The van der Waals surface area contributed by atoms with Crippen molar-refractivity contribution in [1.29, 1.82) is 0 Å². The molecular weight excluding hydrogens is 262 g/mol. The summed E-state index contributed by atoms with van der Waals surface area (Å²) in [5.41, 5.74) is 0. The molecule has 1 aromatic heterocycles. The summed E-state index contributed by atoms with van der Waals surface area (Å²) in [7, 11) is 0. The molecule has 0 aliphatic carbocycles. The SMILES string of the molecule is O=C(NCCBr)c1ccc(Cl)s1. The van der Waals surface area contributed by atoms with E-state index in [4.69, 9.17) is 11.6 Å². The molecule has 0 saturated heterocycles. The molecule has 0 aliphatic rings. The van der Waals surface area contributed by atoms with E-state index < -0.39 is 0 Å². The van der Waals surface area contributed by atoms with Crippen molar-refractivity contribution in [2.75, 3.05) is 11.9 Å². The molecule has 1 amide bonds. The van der Waals surface area contributed by atoms with Gasteiger partial charge in [0.1, 0.15) is 0 Å². The molecule has 0 bridgehead atoms. The van der Waals surface area contributed by atoms with Crippen molar-refractivity contribution in [2.24, 2.45) is 0 Å². The van der Waals surface area contributed by atoms with E-state index in [0.29, 0.717) is 15.8 Å². The van der Waals surface area contributed by atoms with Gasteiger partial charge in [-0.3, -0.25) is 4.79 Å². The van der Waals surface area contributed by atoms with E-state index in [0.717, 1.165) is 5.33 Å². The maximum absolute atomic E-state index is 11.2. The number of carbonyl (C=O) groups is 1. The van der Waals surface area contributed by atoms with Crippen LogP contribution in [0.25, 0.3) is 0 Å². The number of thiophene rings is 1. The van der Waals surface area contributed by atoms with Gasteiger partial charge in [0.05, 0.1) is 9.21 Å². The number of nitrogens with one attached hydrogen (secondary N) is 1. The lowest BCUT2D eigenvalue weighted by Crippen LogP contribution is -2.24. The maximum atomic E-state index is 11.2. The Morgan fingerprint density at radius 2 is 2.42 bits per heavy atom. The minimum atomic E-state index is -0.0636. The van der Waals surface area contributed by atoms with Gasteiger partial charge in [-0.2, -0.15) is 0 Å². The summed E-state index contributed by atoms with van der Waals surface area (Å²) in [5, 5.41) is 3.49. The van der Waals surface area contributed by atoms with Gasteiger partial charge in [0.15, 0.2) is 0 Å². The number of hydrogen-bond acceptors (Lipinski definition) is 2. The van der Waals surface area contributed by atoms with Crippen LogP contribution in [-0.4, -0.2) is 17.8 Å². The Hall–Kier alpha value is -0.0600. The molecule has 0 aromatic carbocycles. The van der Waals surface area contributed by atoms with Gasteiger partial charge >= 0.3 is 0 Å². The zero-order chi connectivity index (χ0) is 8.97. The topological polar surface area (TPSA) is 29.1 Å². The number of amides is 1. The van der Waals surface area contributed by atoms with Crippen LogP contribution in [0.4, 0.5) is 0 Å². The smallest absolute Gasteiger partial charge is 0.261 e. The summed E-state index contributed by atoms with van der Waals surface area (Å²) in [6.45, 7) is 0.633. The molecule has 66 valence electrons. The average molecular weight is 269 g/mol. The Morgan fingerprint density at radius 1 is 1.67 bits per heavy atom. The van der Waals surface area contributed by atoms with E-state index in [9.17, 15) is 4.79 Å². The monoisotopic (exact) mass is 267 g/mol. The molecule has 0 radical (unpaired) electrons. The van der Waals surface area contributed by atoms with Crippen LogP contribution in [0.15, 0.2) is 12.1 Å². The minimum Gasteiger partial charge on any atom is -0.351 e. The average Bonchev–Trinajstić information content (AvgIpc) is 2.47. The second kappa shape index (κ2) is 4.84. The fraction of sp³-hybridized carbons (Fsp3) is 0.286. The zero-order valence-corrected chi connectivity index (χ0v) is 9.30. The van der Waals surface area contributed by atoms with Crippen molar-refractivity contribution in [2.45, 2.75) is 0 Å². The summed E-state index contributed by atoms with van der Waals surface area (Å²) in [6.07, 6.45) is 0. The maximum Gasteiger partial charge on any atom is 0.261 e. The second-order valence-corrected chi connectivity index (χ2v) is 4.56. The third-order valence-electron chi connectivity index (χ3n) is 1.18. The first-order chi connectivity index (χ1) is 5.74. The molecule has 2 nitrogen and oxygen atoms in total. The Balaban J connectivity index is 2.53. The largest absolute Gasteiger partial charge is 0.351 e. The standard InChI is InChI=1S/C7H7BrClNOS/c8-3-4-10-7(11)5-1-2-6(9)12-5/h1-2H,3-4H2,(H,10,11). The van der Waals surface area contributed by atoms with Crippen molar-refractivity contribution >= 4 is 44.8 Å². The summed E-state index contributed by atoms with van der Waals surface area (Å²) in [4.78, 5) is 11.9. The Bertz CT molecular complexity index is 276.